The fourth-order valence-electron chi connectivity index (χ4n) is 3.48. The molecule has 32 heavy (non-hydrogen) atoms. The summed E-state index contributed by atoms with van der Waals surface area (Å²) in [5, 5.41) is 7.96. The van der Waals surface area contributed by atoms with Gasteiger partial charge in [0, 0.05) is 17.3 Å². The molecule has 0 saturated carbocycles. The predicted molar refractivity (Wildman–Crippen MR) is 125 cm³/mol. The molecule has 2 aromatic heterocycles. The molecule has 2 heterocycles. The van der Waals surface area contributed by atoms with E-state index in [9.17, 15) is 9.59 Å². The minimum absolute atomic E-state index is 0.162. The highest BCUT2D eigenvalue weighted by molar-refractivity contribution is 7.99. The van der Waals surface area contributed by atoms with Gasteiger partial charge in [0.1, 0.15) is 11.6 Å². The number of nitrogens with zero attached hydrogens (tertiary/aromatic N) is 4. The third-order valence-electron chi connectivity index (χ3n) is 5.25. The SMILES string of the molecule is Cc1ccc(C(C)NC(=O)Cn2nc3c(Sc4ccc(C)cc4C)nccn3c2=O)cc1. The third-order valence-corrected chi connectivity index (χ3v) is 6.41. The Hall–Kier alpha value is -3.39. The lowest BCUT2D eigenvalue weighted by Gasteiger charge is -2.14. The van der Waals surface area contributed by atoms with Crippen molar-refractivity contribution in [2.24, 2.45) is 0 Å². The van der Waals surface area contributed by atoms with Crippen LogP contribution in [0.4, 0.5) is 0 Å². The number of rotatable bonds is 6. The Morgan fingerprint density at radius 1 is 1.09 bits per heavy atom. The van der Waals surface area contributed by atoms with Crippen LogP contribution in [0.3, 0.4) is 0 Å². The van der Waals surface area contributed by atoms with Crippen LogP contribution < -0.4 is 11.0 Å². The number of aryl methyl sites for hydroxylation is 3. The molecule has 0 saturated heterocycles. The summed E-state index contributed by atoms with van der Waals surface area (Å²) in [4.78, 5) is 30.9. The molecule has 1 amide bonds. The second kappa shape index (κ2) is 9.00. The fourth-order valence-corrected chi connectivity index (χ4v) is 4.39. The molecule has 0 fully saturated rings. The molecule has 4 rings (SSSR count). The molecule has 2 aromatic carbocycles. The van der Waals surface area contributed by atoms with Crippen molar-refractivity contribution in [1.82, 2.24) is 24.5 Å². The lowest BCUT2D eigenvalue weighted by molar-refractivity contribution is -0.122. The molecule has 1 N–H and O–H groups in total. The van der Waals surface area contributed by atoms with E-state index in [1.165, 1.54) is 26.4 Å². The maximum absolute atomic E-state index is 12.8. The van der Waals surface area contributed by atoms with Crippen molar-refractivity contribution in [3.8, 4) is 0 Å². The first-order valence-corrected chi connectivity index (χ1v) is 11.2. The molecule has 0 aliphatic rings. The van der Waals surface area contributed by atoms with Crippen LogP contribution >= 0.6 is 11.8 Å². The van der Waals surface area contributed by atoms with Crippen molar-refractivity contribution >= 4 is 23.3 Å². The normalized spacial score (nSPS) is 12.1. The van der Waals surface area contributed by atoms with Crippen molar-refractivity contribution in [2.45, 2.75) is 50.2 Å². The average Bonchev–Trinajstić information content (AvgIpc) is 3.07. The summed E-state index contributed by atoms with van der Waals surface area (Å²) < 4.78 is 2.61. The standard InChI is InChI=1S/C24H25N5O2S/c1-15-5-8-19(9-6-15)18(4)26-21(30)14-29-24(31)28-12-11-25-23(22(28)27-29)32-20-10-7-16(2)13-17(20)3/h5-13,18H,14H2,1-4H3,(H,26,30). The van der Waals surface area contributed by atoms with Crippen LogP contribution in [0.1, 0.15) is 35.2 Å². The van der Waals surface area contributed by atoms with Gasteiger partial charge in [-0.3, -0.25) is 4.79 Å². The molecule has 4 aromatic rings. The van der Waals surface area contributed by atoms with Gasteiger partial charge in [-0.2, -0.15) is 0 Å². The summed E-state index contributed by atoms with van der Waals surface area (Å²) in [5.41, 5.74) is 4.54. The quantitative estimate of drug-likeness (QED) is 0.486. The van der Waals surface area contributed by atoms with Gasteiger partial charge in [0.05, 0.1) is 6.04 Å². The van der Waals surface area contributed by atoms with Gasteiger partial charge in [-0.05, 0) is 44.9 Å². The third kappa shape index (κ3) is 4.60. The Bertz CT molecular complexity index is 1340. The van der Waals surface area contributed by atoms with Crippen molar-refractivity contribution in [1.29, 1.82) is 0 Å². The molecule has 0 radical (unpaired) electrons. The zero-order chi connectivity index (χ0) is 22.8. The molecule has 0 aliphatic heterocycles. The number of nitrogens with one attached hydrogen (secondary N) is 1. The molecule has 7 nitrogen and oxygen atoms in total. The van der Waals surface area contributed by atoms with Gasteiger partial charge in [0.2, 0.25) is 5.91 Å². The molecule has 0 spiro atoms. The van der Waals surface area contributed by atoms with Crippen LogP contribution in [0, 0.1) is 20.8 Å². The Balaban J connectivity index is 1.55. The predicted octanol–water partition coefficient (Wildman–Crippen LogP) is 3.84. The first-order chi connectivity index (χ1) is 15.3. The van der Waals surface area contributed by atoms with E-state index in [-0.39, 0.29) is 24.2 Å². The Labute approximate surface area is 190 Å². The van der Waals surface area contributed by atoms with Gasteiger partial charge in [-0.25, -0.2) is 18.9 Å². The molecular formula is C24H25N5O2S. The first kappa shape index (κ1) is 21.8. The molecule has 0 bridgehead atoms. The van der Waals surface area contributed by atoms with Crippen molar-refractivity contribution in [3.63, 3.8) is 0 Å². The lowest BCUT2D eigenvalue weighted by Crippen LogP contribution is -2.34. The number of aromatic nitrogens is 4. The minimum atomic E-state index is -0.372. The highest BCUT2D eigenvalue weighted by Gasteiger charge is 2.17. The number of carbonyl (C=O) groups excluding carboxylic acids is 1. The highest BCUT2D eigenvalue weighted by atomic mass is 32.2. The summed E-state index contributed by atoms with van der Waals surface area (Å²) in [5.74, 6) is -0.278. The minimum Gasteiger partial charge on any atom is -0.348 e. The van der Waals surface area contributed by atoms with E-state index in [4.69, 9.17) is 0 Å². The van der Waals surface area contributed by atoms with Gasteiger partial charge >= 0.3 is 5.69 Å². The lowest BCUT2D eigenvalue weighted by atomic mass is 10.1. The second-order valence-corrected chi connectivity index (χ2v) is 8.97. The summed E-state index contributed by atoms with van der Waals surface area (Å²) >= 11 is 1.46. The Morgan fingerprint density at radius 3 is 2.53 bits per heavy atom. The molecule has 1 unspecified atom stereocenters. The van der Waals surface area contributed by atoms with Gasteiger partial charge in [-0.15, -0.1) is 5.10 Å². The van der Waals surface area contributed by atoms with Crippen LogP contribution in [0.25, 0.3) is 5.65 Å². The summed E-state index contributed by atoms with van der Waals surface area (Å²) in [6, 6.07) is 14.0. The van der Waals surface area contributed by atoms with Crippen LogP contribution in [-0.2, 0) is 11.3 Å². The van der Waals surface area contributed by atoms with Crippen LogP contribution in [0.5, 0.6) is 0 Å². The summed E-state index contributed by atoms with van der Waals surface area (Å²) in [6.45, 7) is 7.86. The Kier molecular flexibility index (Phi) is 6.14. The van der Waals surface area contributed by atoms with E-state index in [0.29, 0.717) is 10.7 Å². The zero-order valence-corrected chi connectivity index (χ0v) is 19.3. The molecule has 164 valence electrons. The fraction of sp³-hybridized carbons (Fsp3) is 0.250. The molecule has 0 aliphatic carbocycles. The first-order valence-electron chi connectivity index (χ1n) is 10.4. The topological polar surface area (TPSA) is 81.3 Å². The Morgan fingerprint density at radius 2 is 1.81 bits per heavy atom. The summed E-state index contributed by atoms with van der Waals surface area (Å²) in [7, 11) is 0. The molecular weight excluding hydrogens is 422 g/mol. The van der Waals surface area contributed by atoms with Gasteiger partial charge < -0.3 is 5.32 Å². The largest absolute Gasteiger partial charge is 0.350 e. The second-order valence-electron chi connectivity index (χ2n) is 7.94. The molecule has 8 heteroatoms. The maximum Gasteiger partial charge on any atom is 0.350 e. The smallest absolute Gasteiger partial charge is 0.348 e. The maximum atomic E-state index is 12.8. The number of carbonyl (C=O) groups is 1. The monoisotopic (exact) mass is 447 g/mol. The van der Waals surface area contributed by atoms with E-state index < -0.39 is 0 Å². The molecule has 1 atom stereocenters. The van der Waals surface area contributed by atoms with Crippen molar-refractivity contribution in [3.05, 3.63) is 87.6 Å². The van der Waals surface area contributed by atoms with Crippen LogP contribution in [-0.4, -0.2) is 25.1 Å². The number of hydrogen-bond donors (Lipinski definition) is 1. The summed E-state index contributed by atoms with van der Waals surface area (Å²) in [6.07, 6.45) is 3.14. The average molecular weight is 448 g/mol. The van der Waals surface area contributed by atoms with Gasteiger partial charge in [-0.1, -0.05) is 59.3 Å². The zero-order valence-electron chi connectivity index (χ0n) is 18.5. The van der Waals surface area contributed by atoms with Crippen molar-refractivity contribution < 1.29 is 4.79 Å². The van der Waals surface area contributed by atoms with E-state index in [0.717, 1.165) is 21.6 Å². The van der Waals surface area contributed by atoms with Gasteiger partial charge in [0.15, 0.2) is 5.65 Å². The number of amides is 1. The van der Waals surface area contributed by atoms with E-state index in [1.54, 1.807) is 12.4 Å². The number of hydrogen-bond acceptors (Lipinski definition) is 5. The van der Waals surface area contributed by atoms with Crippen molar-refractivity contribution in [2.75, 3.05) is 0 Å². The van der Waals surface area contributed by atoms with Crippen LogP contribution in [0.2, 0.25) is 0 Å². The van der Waals surface area contributed by atoms with E-state index in [2.05, 4.69) is 21.5 Å². The van der Waals surface area contributed by atoms with Crippen LogP contribution in [0.15, 0.2) is 69.6 Å². The number of benzene rings is 2. The van der Waals surface area contributed by atoms with E-state index in [1.807, 2.05) is 64.1 Å². The van der Waals surface area contributed by atoms with Gasteiger partial charge in [0.25, 0.3) is 0 Å². The van der Waals surface area contributed by atoms with E-state index >= 15 is 0 Å². The number of fused-ring (bicyclic) bond motifs is 1. The highest BCUT2D eigenvalue weighted by Crippen LogP contribution is 2.31.